The summed E-state index contributed by atoms with van der Waals surface area (Å²) in [5.74, 6) is 0. The fraction of sp³-hybridized carbons (Fsp3) is 0. The Balaban J connectivity index is 1.66. The fourth-order valence-corrected chi connectivity index (χ4v) is 7.12. The Bertz CT molecular complexity index is 2390. The number of rotatable bonds is 2. The minimum Gasteiger partial charge on any atom is -0.289 e. The Morgan fingerprint density at radius 2 is 0.684 bits per heavy atom. The number of fused-ring (bicyclic) bond motifs is 8. The average molecular weight is 481 g/mol. The van der Waals surface area contributed by atoms with Gasteiger partial charge in [-0.25, -0.2) is 0 Å². The highest BCUT2D eigenvalue weighted by Gasteiger charge is 2.28. The van der Waals surface area contributed by atoms with E-state index >= 15 is 0 Å². The summed E-state index contributed by atoms with van der Waals surface area (Å²) in [6.45, 7) is 0. The Kier molecular flexibility index (Phi) is 3.73. The van der Waals surface area contributed by atoms with Crippen LogP contribution in [0, 0.1) is 0 Å². The van der Waals surface area contributed by atoms with Crippen LogP contribution in [-0.2, 0) is 0 Å². The summed E-state index contributed by atoms with van der Waals surface area (Å²) in [4.78, 5) is 14.4. The quantitative estimate of drug-likeness (QED) is 0.225. The van der Waals surface area contributed by atoms with Crippen LogP contribution in [0.3, 0.4) is 0 Å². The van der Waals surface area contributed by atoms with Crippen molar-refractivity contribution >= 4 is 64.6 Å². The molecular formula is C37H20O. The van der Waals surface area contributed by atoms with Crippen molar-refractivity contribution in [1.29, 1.82) is 0 Å². The highest BCUT2D eigenvalue weighted by molar-refractivity contribution is 6.49. The molecule has 9 rings (SSSR count). The molecule has 0 heterocycles. The van der Waals surface area contributed by atoms with Crippen LogP contribution in [0.1, 0.15) is 0 Å². The minimum absolute atomic E-state index is 0.113. The lowest BCUT2D eigenvalue weighted by atomic mass is 9.94. The molecule has 174 valence electrons. The van der Waals surface area contributed by atoms with Crippen LogP contribution in [-0.4, -0.2) is 0 Å². The normalized spacial score (nSPS) is 12.3. The molecule has 0 saturated heterocycles. The maximum atomic E-state index is 14.4. The zero-order valence-electron chi connectivity index (χ0n) is 20.5. The molecule has 0 amide bonds. The highest BCUT2D eigenvalue weighted by Crippen LogP contribution is 2.53. The van der Waals surface area contributed by atoms with Crippen LogP contribution in [0.25, 0.3) is 86.9 Å². The predicted octanol–water partition coefficient (Wildman–Crippen LogP) is 9.61. The largest absolute Gasteiger partial charge is 0.289 e. The molecule has 0 aliphatic carbocycles. The molecule has 0 spiro atoms. The Morgan fingerprint density at radius 1 is 0.289 bits per heavy atom. The third kappa shape index (κ3) is 2.30. The molecule has 0 N–H and O–H groups in total. The average Bonchev–Trinajstić information content (AvgIpc) is 3.59. The van der Waals surface area contributed by atoms with E-state index in [4.69, 9.17) is 0 Å². The van der Waals surface area contributed by atoms with Gasteiger partial charge in [-0.1, -0.05) is 121 Å². The topological polar surface area (TPSA) is 17.1 Å². The molecule has 9 aromatic carbocycles. The van der Waals surface area contributed by atoms with Crippen molar-refractivity contribution in [3.63, 3.8) is 0 Å². The monoisotopic (exact) mass is 480 g/mol. The van der Waals surface area contributed by atoms with Crippen molar-refractivity contribution in [3.8, 4) is 22.3 Å². The van der Waals surface area contributed by atoms with Gasteiger partial charge in [0.15, 0.2) is 5.43 Å². The van der Waals surface area contributed by atoms with Crippen molar-refractivity contribution in [1.82, 2.24) is 0 Å². The van der Waals surface area contributed by atoms with E-state index in [0.717, 1.165) is 33.0 Å². The molecule has 0 atom stereocenters. The van der Waals surface area contributed by atoms with E-state index < -0.39 is 0 Å². The molecule has 0 aliphatic heterocycles. The first-order valence-corrected chi connectivity index (χ1v) is 13.1. The third-order valence-corrected chi connectivity index (χ3v) is 8.50. The van der Waals surface area contributed by atoms with E-state index in [0.29, 0.717) is 0 Å². The second kappa shape index (κ2) is 7.06. The maximum absolute atomic E-state index is 14.4. The van der Waals surface area contributed by atoms with E-state index in [1.807, 2.05) is 36.4 Å². The summed E-state index contributed by atoms with van der Waals surface area (Å²) in [5.41, 5.74) is 3.69. The molecule has 1 nitrogen and oxygen atoms in total. The molecule has 0 fully saturated rings. The summed E-state index contributed by atoms with van der Waals surface area (Å²) < 4.78 is 0. The van der Waals surface area contributed by atoms with Gasteiger partial charge in [-0.2, -0.15) is 0 Å². The third-order valence-electron chi connectivity index (χ3n) is 8.50. The van der Waals surface area contributed by atoms with E-state index in [9.17, 15) is 4.79 Å². The molecule has 0 bridgehead atoms. The fourth-order valence-electron chi connectivity index (χ4n) is 7.12. The Morgan fingerprint density at radius 3 is 1.29 bits per heavy atom. The summed E-state index contributed by atoms with van der Waals surface area (Å²) in [7, 11) is 0. The molecule has 0 saturated carbocycles. The van der Waals surface area contributed by atoms with Crippen LogP contribution in [0.15, 0.2) is 126 Å². The van der Waals surface area contributed by atoms with Gasteiger partial charge in [0.25, 0.3) is 0 Å². The van der Waals surface area contributed by atoms with Crippen LogP contribution in [0.5, 0.6) is 0 Å². The van der Waals surface area contributed by atoms with Gasteiger partial charge in [0.05, 0.1) is 0 Å². The lowest BCUT2D eigenvalue weighted by Gasteiger charge is -2.09. The van der Waals surface area contributed by atoms with Gasteiger partial charge >= 0.3 is 0 Å². The first-order chi connectivity index (χ1) is 18.8. The van der Waals surface area contributed by atoms with Crippen LogP contribution in [0.2, 0.25) is 0 Å². The molecule has 0 aliphatic rings. The van der Waals surface area contributed by atoms with Gasteiger partial charge in [0.1, 0.15) is 0 Å². The van der Waals surface area contributed by atoms with Gasteiger partial charge in [-0.3, -0.25) is 4.79 Å². The van der Waals surface area contributed by atoms with Crippen LogP contribution >= 0.6 is 0 Å². The molecule has 1 heteroatoms. The second-order valence-electron chi connectivity index (χ2n) is 10.3. The van der Waals surface area contributed by atoms with Gasteiger partial charge in [0, 0.05) is 21.9 Å². The zero-order chi connectivity index (χ0) is 25.0. The van der Waals surface area contributed by atoms with Crippen molar-refractivity contribution in [2.75, 3.05) is 0 Å². The number of hydrogen-bond donors (Lipinski definition) is 0. The molecule has 9 aromatic rings. The Labute approximate surface area is 218 Å². The van der Waals surface area contributed by atoms with E-state index in [2.05, 4.69) is 84.9 Å². The van der Waals surface area contributed by atoms with Gasteiger partial charge in [-0.05, 0) is 65.0 Å². The summed E-state index contributed by atoms with van der Waals surface area (Å²) in [6.07, 6.45) is 0. The molecule has 38 heavy (non-hydrogen) atoms. The molecule has 0 unspecified atom stereocenters. The minimum atomic E-state index is 0.113. The SMILES string of the molecule is O=c1c(-c2ccccc2)c2c3cccc4c5c6ccccc6c6cccc(c65)c(c2c1-c1ccccc1)c34. The van der Waals surface area contributed by atoms with Crippen molar-refractivity contribution in [3.05, 3.63) is 132 Å². The zero-order valence-corrected chi connectivity index (χ0v) is 20.5. The lowest BCUT2D eigenvalue weighted by Crippen LogP contribution is -2.02. The first-order valence-electron chi connectivity index (χ1n) is 13.1. The number of benzene rings is 6. The standard InChI is InChI=1S/C37H20O/c38-37-29(21-11-3-1-4-12-21)34-28-20-10-18-26-31-24-16-8-7-15-23(24)25-17-9-19-27(32(25)31)35(33(26)28)36(34)30(37)22-13-5-2-6-14-22/h1-20H. The molecular weight excluding hydrogens is 460 g/mol. The lowest BCUT2D eigenvalue weighted by molar-refractivity contribution is 1.61. The van der Waals surface area contributed by atoms with Crippen LogP contribution < -0.4 is 5.43 Å². The van der Waals surface area contributed by atoms with Crippen molar-refractivity contribution in [2.45, 2.75) is 0 Å². The van der Waals surface area contributed by atoms with Crippen LogP contribution in [0.4, 0.5) is 0 Å². The maximum Gasteiger partial charge on any atom is 0.195 e. The summed E-state index contributed by atoms with van der Waals surface area (Å²) in [6, 6.07) is 42.5. The second-order valence-corrected chi connectivity index (χ2v) is 10.3. The van der Waals surface area contributed by atoms with E-state index in [-0.39, 0.29) is 5.43 Å². The molecule has 0 aromatic heterocycles. The number of hydrogen-bond acceptors (Lipinski definition) is 1. The summed E-state index contributed by atoms with van der Waals surface area (Å²) in [5, 5.41) is 14.8. The summed E-state index contributed by atoms with van der Waals surface area (Å²) >= 11 is 0. The van der Waals surface area contributed by atoms with E-state index in [1.54, 1.807) is 0 Å². The first kappa shape index (κ1) is 20.1. The highest BCUT2D eigenvalue weighted by atomic mass is 16.1. The van der Waals surface area contributed by atoms with E-state index in [1.165, 1.54) is 53.9 Å². The van der Waals surface area contributed by atoms with Gasteiger partial charge in [0.2, 0.25) is 0 Å². The van der Waals surface area contributed by atoms with Crippen molar-refractivity contribution in [2.24, 2.45) is 0 Å². The Hall–Kier alpha value is -5.01. The predicted molar refractivity (Wildman–Crippen MR) is 162 cm³/mol. The van der Waals surface area contributed by atoms with Crippen molar-refractivity contribution < 1.29 is 0 Å². The molecule has 0 radical (unpaired) electrons. The van der Waals surface area contributed by atoms with Gasteiger partial charge < -0.3 is 0 Å². The smallest absolute Gasteiger partial charge is 0.195 e. The van der Waals surface area contributed by atoms with Gasteiger partial charge in [-0.15, -0.1) is 0 Å².